The van der Waals surface area contributed by atoms with Crippen LogP contribution < -0.4 is 5.73 Å². The number of unbranched alkanes of at least 4 members (excludes halogenated alkanes) is 33. The Hall–Kier alpha value is -2.04. The lowest BCUT2D eigenvalue weighted by atomic mass is 10.0. The molecule has 0 saturated carbocycles. The summed E-state index contributed by atoms with van der Waals surface area (Å²) in [5, 5.41) is 8.93. The van der Waals surface area contributed by atoms with Gasteiger partial charge in [0, 0.05) is 12.8 Å². The van der Waals surface area contributed by atoms with E-state index in [1.807, 2.05) is 0 Å². The molecule has 0 spiro atoms. The van der Waals surface area contributed by atoms with Crippen molar-refractivity contribution >= 4 is 25.7 Å². The van der Waals surface area contributed by atoms with E-state index in [2.05, 4.69) is 42.7 Å². The van der Waals surface area contributed by atoms with Crippen LogP contribution >= 0.6 is 7.82 Å². The molecule has 0 fully saturated rings. The fourth-order valence-electron chi connectivity index (χ4n) is 7.75. The fourth-order valence-corrected chi connectivity index (χ4v) is 8.52. The number of hydrogen-bond acceptors (Lipinski definition) is 9. The highest BCUT2D eigenvalue weighted by Crippen LogP contribution is 2.43. The predicted molar refractivity (Wildman–Crippen MR) is 268 cm³/mol. The van der Waals surface area contributed by atoms with Crippen molar-refractivity contribution in [3.8, 4) is 0 Å². The number of phosphoric ester groups is 1. The number of ether oxygens (including phenoxy) is 2. The monoisotopic (exact) mass is 942 g/mol. The van der Waals surface area contributed by atoms with Gasteiger partial charge in [-0.2, -0.15) is 0 Å². The van der Waals surface area contributed by atoms with Crippen LogP contribution in [0.3, 0.4) is 0 Å². The average Bonchev–Trinajstić information content (AvgIpc) is 3.28. The highest BCUT2D eigenvalue weighted by atomic mass is 31.2. The van der Waals surface area contributed by atoms with Crippen molar-refractivity contribution in [3.63, 3.8) is 0 Å². The highest BCUT2D eigenvalue weighted by Gasteiger charge is 2.28. The summed E-state index contributed by atoms with van der Waals surface area (Å²) < 4.78 is 32.9. The number of carbonyl (C=O) groups excluding carboxylic acids is 2. The molecular formula is C53H100NO10P. The summed E-state index contributed by atoms with van der Waals surface area (Å²) in [5.74, 6) is -2.37. The molecular weight excluding hydrogens is 842 g/mol. The van der Waals surface area contributed by atoms with Crippen molar-refractivity contribution in [1.29, 1.82) is 0 Å². The molecule has 12 heteroatoms. The maximum Gasteiger partial charge on any atom is 0.472 e. The first kappa shape index (κ1) is 63.0. The summed E-state index contributed by atoms with van der Waals surface area (Å²) in [6, 6.07) is -1.52. The van der Waals surface area contributed by atoms with E-state index in [1.54, 1.807) is 0 Å². The minimum absolute atomic E-state index is 0.155. The lowest BCUT2D eigenvalue weighted by Gasteiger charge is -2.20. The number of aliphatic carboxylic acids is 1. The van der Waals surface area contributed by atoms with Crippen LogP contribution in [0.15, 0.2) is 24.3 Å². The Bertz CT molecular complexity index is 1200. The summed E-state index contributed by atoms with van der Waals surface area (Å²) in [5.41, 5.74) is 5.36. The number of carboxylic acids is 1. The first-order valence-corrected chi connectivity index (χ1v) is 28.4. The molecule has 0 heterocycles. The molecule has 0 radical (unpaired) electrons. The summed E-state index contributed by atoms with van der Waals surface area (Å²) >= 11 is 0. The number of esters is 2. The second-order valence-corrected chi connectivity index (χ2v) is 19.8. The van der Waals surface area contributed by atoms with Crippen molar-refractivity contribution in [2.45, 2.75) is 276 Å². The van der Waals surface area contributed by atoms with Gasteiger partial charge >= 0.3 is 25.7 Å². The Balaban J connectivity index is 4.15. The molecule has 0 saturated heterocycles. The molecule has 0 aromatic carbocycles. The maximum absolute atomic E-state index is 12.7. The number of rotatable bonds is 51. The van der Waals surface area contributed by atoms with Crippen LogP contribution in [-0.2, 0) is 37.5 Å². The van der Waals surface area contributed by atoms with Gasteiger partial charge in [-0.3, -0.25) is 23.4 Å². The van der Waals surface area contributed by atoms with E-state index in [1.165, 1.54) is 167 Å². The maximum atomic E-state index is 12.7. The van der Waals surface area contributed by atoms with Crippen LogP contribution in [0.5, 0.6) is 0 Å². The Morgan fingerprint density at radius 1 is 0.477 bits per heavy atom. The van der Waals surface area contributed by atoms with Crippen molar-refractivity contribution in [2.75, 3.05) is 19.8 Å². The zero-order valence-electron chi connectivity index (χ0n) is 41.8. The molecule has 65 heavy (non-hydrogen) atoms. The summed E-state index contributed by atoms with van der Waals surface area (Å²) in [6.45, 7) is 2.82. The average molecular weight is 942 g/mol. The molecule has 0 aliphatic heterocycles. The molecule has 4 N–H and O–H groups in total. The summed E-state index contributed by atoms with van der Waals surface area (Å²) in [6.07, 6.45) is 53.9. The molecule has 0 aliphatic rings. The van der Waals surface area contributed by atoms with Gasteiger partial charge in [-0.05, 0) is 44.9 Å². The van der Waals surface area contributed by atoms with E-state index in [9.17, 15) is 23.8 Å². The normalized spacial score (nSPS) is 13.7. The van der Waals surface area contributed by atoms with Gasteiger partial charge in [-0.25, -0.2) is 4.57 Å². The zero-order chi connectivity index (χ0) is 47.7. The van der Waals surface area contributed by atoms with E-state index in [-0.39, 0.29) is 19.4 Å². The molecule has 0 bridgehead atoms. The lowest BCUT2D eigenvalue weighted by Crippen LogP contribution is -2.34. The standard InChI is InChI=1S/C53H100NO10P/c1-3-5-7-9-11-13-15-17-19-21-22-23-24-25-26-27-29-30-32-34-36-38-40-42-44-51(55)61-46-49(47-62-65(59,60)63-48-50(54)53(57)58)64-52(56)45-43-41-39-37-35-33-31-28-20-18-16-14-12-10-8-6-4-2/h12,14,18,20,49-50H,3-11,13,15-17,19,21-48,54H2,1-2H3,(H,57,58)(H,59,60)/b14-12-,20-18-. The van der Waals surface area contributed by atoms with E-state index in [0.29, 0.717) is 12.8 Å². The molecule has 11 nitrogen and oxygen atoms in total. The molecule has 0 amide bonds. The lowest BCUT2D eigenvalue weighted by molar-refractivity contribution is -0.161. The third-order valence-electron chi connectivity index (χ3n) is 12.0. The summed E-state index contributed by atoms with van der Waals surface area (Å²) in [7, 11) is -4.72. The van der Waals surface area contributed by atoms with Gasteiger partial charge < -0.3 is 25.2 Å². The Morgan fingerprint density at radius 3 is 1.23 bits per heavy atom. The van der Waals surface area contributed by atoms with Crippen molar-refractivity contribution in [3.05, 3.63) is 24.3 Å². The second kappa shape index (κ2) is 48.4. The smallest absolute Gasteiger partial charge is 0.472 e. The van der Waals surface area contributed by atoms with Gasteiger partial charge in [0.05, 0.1) is 13.2 Å². The number of carbonyl (C=O) groups is 3. The van der Waals surface area contributed by atoms with E-state index < -0.39 is 51.1 Å². The van der Waals surface area contributed by atoms with Crippen LogP contribution in [-0.4, -0.2) is 59.9 Å². The number of allylic oxidation sites excluding steroid dienone is 4. The SMILES string of the molecule is CCCCC/C=C\C/C=C\CCCCCCCCCC(=O)OC(COC(=O)CCCCCCCCCCCCCCCCCCCCCCCCCC)COP(=O)(O)OCC(N)C(=O)O. The van der Waals surface area contributed by atoms with Gasteiger partial charge in [0.25, 0.3) is 0 Å². The first-order valence-electron chi connectivity index (χ1n) is 26.9. The Morgan fingerprint density at radius 2 is 0.815 bits per heavy atom. The minimum atomic E-state index is -4.72. The third kappa shape index (κ3) is 48.2. The van der Waals surface area contributed by atoms with Crippen molar-refractivity contribution in [1.82, 2.24) is 0 Å². The number of phosphoric acid groups is 1. The molecule has 382 valence electrons. The van der Waals surface area contributed by atoms with Gasteiger partial charge in [-0.15, -0.1) is 0 Å². The van der Waals surface area contributed by atoms with E-state index >= 15 is 0 Å². The van der Waals surface area contributed by atoms with Gasteiger partial charge in [0.15, 0.2) is 6.10 Å². The number of nitrogens with two attached hydrogens (primary N) is 1. The van der Waals surface area contributed by atoms with Crippen LogP contribution in [0.1, 0.15) is 264 Å². The summed E-state index contributed by atoms with van der Waals surface area (Å²) in [4.78, 5) is 46.2. The largest absolute Gasteiger partial charge is 0.480 e. The molecule has 0 rings (SSSR count). The first-order chi connectivity index (χ1) is 31.6. The number of carboxylic acid groups (broad SMARTS) is 1. The topological polar surface area (TPSA) is 172 Å². The molecule has 3 atom stereocenters. The van der Waals surface area contributed by atoms with Crippen LogP contribution in [0.4, 0.5) is 0 Å². The van der Waals surface area contributed by atoms with Gasteiger partial charge in [0.2, 0.25) is 0 Å². The van der Waals surface area contributed by atoms with E-state index in [4.69, 9.17) is 24.8 Å². The van der Waals surface area contributed by atoms with Gasteiger partial charge in [-0.1, -0.05) is 231 Å². The number of hydrogen-bond donors (Lipinski definition) is 3. The molecule has 0 aromatic rings. The van der Waals surface area contributed by atoms with Crippen LogP contribution in [0.25, 0.3) is 0 Å². The minimum Gasteiger partial charge on any atom is -0.480 e. The third-order valence-corrected chi connectivity index (χ3v) is 12.9. The zero-order valence-corrected chi connectivity index (χ0v) is 42.7. The van der Waals surface area contributed by atoms with E-state index in [0.717, 1.165) is 57.8 Å². The Labute approximate surface area is 398 Å². The predicted octanol–water partition coefficient (Wildman–Crippen LogP) is 15.4. The van der Waals surface area contributed by atoms with Crippen LogP contribution in [0, 0.1) is 0 Å². The fraction of sp³-hybridized carbons (Fsp3) is 0.868. The molecule has 3 unspecified atom stereocenters. The second-order valence-electron chi connectivity index (χ2n) is 18.4. The quantitative estimate of drug-likeness (QED) is 0.0229. The van der Waals surface area contributed by atoms with Crippen molar-refractivity contribution < 1.29 is 47.5 Å². The molecule has 0 aliphatic carbocycles. The highest BCUT2D eigenvalue weighted by molar-refractivity contribution is 7.47. The Kier molecular flexibility index (Phi) is 46.9. The van der Waals surface area contributed by atoms with Crippen LogP contribution in [0.2, 0.25) is 0 Å². The molecule has 0 aromatic heterocycles. The van der Waals surface area contributed by atoms with Gasteiger partial charge in [0.1, 0.15) is 12.6 Å². The van der Waals surface area contributed by atoms with Crippen molar-refractivity contribution in [2.24, 2.45) is 5.73 Å².